The summed E-state index contributed by atoms with van der Waals surface area (Å²) in [6.45, 7) is 10.6. The molecule has 48 heavy (non-hydrogen) atoms. The van der Waals surface area contributed by atoms with Crippen molar-refractivity contribution in [3.05, 3.63) is 58.7 Å². The molecule has 0 spiro atoms. The van der Waals surface area contributed by atoms with Crippen LogP contribution >= 0.6 is 0 Å². The quantitative estimate of drug-likeness (QED) is 0.166. The normalized spacial score (nSPS) is 29.0. The molecular weight excluding hydrogens is 618 g/mol. The Labute approximate surface area is 282 Å². The van der Waals surface area contributed by atoms with E-state index in [1.54, 1.807) is 33.8 Å². The molecule has 3 aliphatic rings. The molecular formula is C37H47NO10. The summed E-state index contributed by atoms with van der Waals surface area (Å²) in [4.78, 5) is 81.4. The Hall–Kier alpha value is -4.12. The standard InChI is InChI=1S/C37H47NO10/c1-20-28(45-21(2)39)16-26-30(46-22(3)40)15-25-19-37(7,35(44)34(43)33(20)36(26,5)6)31(47-23(4)41)18-29(25)48-32(42)17-27(38(8)9)24-13-11-10-12-14-24/h10-15,26-31H,16-19H2,1-9H3. The molecule has 0 aliphatic heterocycles. The maximum Gasteiger partial charge on any atom is 0.308 e. The third kappa shape index (κ3) is 7.46. The number of ether oxygens (including phenoxy) is 4. The number of benzene rings is 1. The molecule has 0 amide bonds. The molecule has 11 nitrogen and oxygen atoms in total. The number of nitrogens with zero attached hydrogens (tertiary/aromatic N) is 1. The fraction of sp³-hybridized carbons (Fsp3) is 0.568. The molecule has 1 aromatic rings. The molecule has 1 aromatic carbocycles. The van der Waals surface area contributed by atoms with Gasteiger partial charge in [0.25, 0.3) is 0 Å². The van der Waals surface area contributed by atoms with Crippen LogP contribution in [-0.4, -0.2) is 78.9 Å². The van der Waals surface area contributed by atoms with E-state index in [2.05, 4.69) is 0 Å². The Morgan fingerprint density at radius 1 is 0.854 bits per heavy atom. The van der Waals surface area contributed by atoms with Crippen LogP contribution in [0.25, 0.3) is 0 Å². The minimum absolute atomic E-state index is 0.00817. The van der Waals surface area contributed by atoms with Crippen molar-refractivity contribution < 1.29 is 47.7 Å². The summed E-state index contributed by atoms with van der Waals surface area (Å²) >= 11 is 0. The molecule has 11 heteroatoms. The number of rotatable bonds is 8. The number of ketones is 2. The fourth-order valence-corrected chi connectivity index (χ4v) is 7.71. The Kier molecular flexibility index (Phi) is 10.8. The van der Waals surface area contributed by atoms with E-state index in [1.807, 2.05) is 49.3 Å². The molecule has 4 rings (SSSR count). The van der Waals surface area contributed by atoms with E-state index in [0.29, 0.717) is 11.1 Å². The predicted molar refractivity (Wildman–Crippen MR) is 174 cm³/mol. The smallest absolute Gasteiger partial charge is 0.308 e. The molecule has 0 N–H and O–H groups in total. The zero-order valence-electron chi connectivity index (χ0n) is 29.3. The predicted octanol–water partition coefficient (Wildman–Crippen LogP) is 4.63. The van der Waals surface area contributed by atoms with E-state index in [-0.39, 0.29) is 37.3 Å². The van der Waals surface area contributed by atoms with Crippen LogP contribution in [0.15, 0.2) is 53.1 Å². The first-order valence-corrected chi connectivity index (χ1v) is 16.3. The highest BCUT2D eigenvalue weighted by Gasteiger charge is 2.57. The van der Waals surface area contributed by atoms with Gasteiger partial charge in [-0.25, -0.2) is 0 Å². The topological polar surface area (TPSA) is 143 Å². The van der Waals surface area contributed by atoms with Crippen LogP contribution in [0.3, 0.4) is 0 Å². The second kappa shape index (κ2) is 14.2. The minimum atomic E-state index is -1.54. The summed E-state index contributed by atoms with van der Waals surface area (Å²) in [6.07, 6.45) is -2.10. The molecule has 7 unspecified atom stereocenters. The van der Waals surface area contributed by atoms with Gasteiger partial charge in [0, 0.05) is 50.1 Å². The number of fused-ring (bicyclic) bond motifs is 4. The number of carbonyl (C=O) groups excluding carboxylic acids is 6. The van der Waals surface area contributed by atoms with Crippen LogP contribution in [0, 0.1) is 16.7 Å². The van der Waals surface area contributed by atoms with E-state index in [4.69, 9.17) is 18.9 Å². The Balaban J connectivity index is 1.86. The van der Waals surface area contributed by atoms with Crippen LogP contribution < -0.4 is 0 Å². The van der Waals surface area contributed by atoms with Gasteiger partial charge in [0.1, 0.15) is 24.4 Å². The third-order valence-electron chi connectivity index (χ3n) is 10.1. The molecule has 0 aromatic heterocycles. The first kappa shape index (κ1) is 36.7. The van der Waals surface area contributed by atoms with Crippen LogP contribution in [0.5, 0.6) is 0 Å². The van der Waals surface area contributed by atoms with Crippen molar-refractivity contribution in [1.29, 1.82) is 0 Å². The summed E-state index contributed by atoms with van der Waals surface area (Å²) < 4.78 is 23.4. The first-order valence-electron chi connectivity index (χ1n) is 16.3. The van der Waals surface area contributed by atoms with Gasteiger partial charge in [-0.15, -0.1) is 0 Å². The van der Waals surface area contributed by atoms with Gasteiger partial charge < -0.3 is 23.8 Å². The second-order valence-corrected chi connectivity index (χ2v) is 14.2. The highest BCUT2D eigenvalue weighted by molar-refractivity contribution is 6.45. The summed E-state index contributed by atoms with van der Waals surface area (Å²) in [5.41, 5.74) is -0.552. The van der Waals surface area contributed by atoms with E-state index in [1.165, 1.54) is 20.8 Å². The molecule has 0 radical (unpaired) electrons. The van der Waals surface area contributed by atoms with Crippen molar-refractivity contribution in [1.82, 2.24) is 4.90 Å². The van der Waals surface area contributed by atoms with Crippen LogP contribution in [0.1, 0.15) is 85.8 Å². The Bertz CT molecular complexity index is 1540. The van der Waals surface area contributed by atoms with Gasteiger partial charge in [-0.1, -0.05) is 44.2 Å². The summed E-state index contributed by atoms with van der Waals surface area (Å²) in [7, 11) is 3.73. The average molecular weight is 666 g/mol. The zero-order chi connectivity index (χ0) is 35.7. The molecule has 0 heterocycles. The average Bonchev–Trinajstić information content (AvgIpc) is 2.97. The highest BCUT2D eigenvalue weighted by Crippen LogP contribution is 2.52. The third-order valence-corrected chi connectivity index (χ3v) is 10.1. The SMILES string of the molecule is CC(=O)OC1CC2C(OC(C)=O)C=C3CC(C)(C(=O)C(=O)C(=C1C)C2(C)C)C(OC(C)=O)CC3OC(=O)CC(c1ccccc1)N(C)C. The van der Waals surface area contributed by atoms with E-state index >= 15 is 0 Å². The van der Waals surface area contributed by atoms with Crippen molar-refractivity contribution in [3.8, 4) is 0 Å². The molecule has 4 bridgehead atoms. The fourth-order valence-electron chi connectivity index (χ4n) is 7.71. The van der Waals surface area contributed by atoms with Crippen molar-refractivity contribution in [2.45, 2.75) is 105 Å². The number of carbonyl (C=O) groups is 6. The van der Waals surface area contributed by atoms with Gasteiger partial charge in [0.15, 0.2) is 0 Å². The number of allylic oxidation sites excluding steroid dienone is 1. The van der Waals surface area contributed by atoms with Crippen molar-refractivity contribution >= 4 is 35.4 Å². The highest BCUT2D eigenvalue weighted by atomic mass is 16.6. The Morgan fingerprint density at radius 3 is 2.02 bits per heavy atom. The van der Waals surface area contributed by atoms with Gasteiger partial charge in [-0.2, -0.15) is 0 Å². The molecule has 1 saturated carbocycles. The lowest BCUT2D eigenvalue weighted by atomic mass is 9.57. The maximum absolute atomic E-state index is 14.4. The Morgan fingerprint density at radius 2 is 1.46 bits per heavy atom. The van der Waals surface area contributed by atoms with Crippen LogP contribution in [0.4, 0.5) is 0 Å². The lowest BCUT2D eigenvalue weighted by Gasteiger charge is -2.49. The minimum Gasteiger partial charge on any atom is -0.461 e. The van der Waals surface area contributed by atoms with Crippen LogP contribution in [-0.2, 0) is 47.7 Å². The van der Waals surface area contributed by atoms with Crippen molar-refractivity contribution in [2.75, 3.05) is 14.1 Å². The van der Waals surface area contributed by atoms with Crippen molar-refractivity contribution in [2.24, 2.45) is 16.7 Å². The number of hydrogen-bond acceptors (Lipinski definition) is 11. The molecule has 1 fully saturated rings. The summed E-state index contributed by atoms with van der Waals surface area (Å²) in [5, 5.41) is 0. The van der Waals surface area contributed by atoms with E-state index < -0.39 is 76.6 Å². The largest absolute Gasteiger partial charge is 0.461 e. The zero-order valence-corrected chi connectivity index (χ0v) is 29.3. The van der Waals surface area contributed by atoms with Crippen molar-refractivity contribution in [3.63, 3.8) is 0 Å². The maximum atomic E-state index is 14.4. The van der Waals surface area contributed by atoms with Gasteiger partial charge in [-0.3, -0.25) is 28.8 Å². The number of hydrogen-bond donors (Lipinski definition) is 0. The molecule has 0 saturated heterocycles. The summed E-state index contributed by atoms with van der Waals surface area (Å²) in [5.74, 6) is -4.48. The van der Waals surface area contributed by atoms with E-state index in [0.717, 1.165) is 5.56 Å². The number of Topliss-reactive ketones (excluding diaryl/α,β-unsaturated/α-hetero) is 2. The molecule has 3 aliphatic carbocycles. The lowest BCUT2D eigenvalue weighted by molar-refractivity contribution is -0.169. The van der Waals surface area contributed by atoms with E-state index in [9.17, 15) is 28.8 Å². The summed E-state index contributed by atoms with van der Waals surface area (Å²) in [6, 6.07) is 9.23. The lowest BCUT2D eigenvalue weighted by Crippen LogP contribution is -2.55. The number of esters is 4. The molecule has 7 atom stereocenters. The van der Waals surface area contributed by atoms with Gasteiger partial charge in [0.05, 0.1) is 11.8 Å². The first-order chi connectivity index (χ1) is 22.4. The monoisotopic (exact) mass is 665 g/mol. The molecule has 260 valence electrons. The van der Waals surface area contributed by atoms with Gasteiger partial charge in [0.2, 0.25) is 11.6 Å². The van der Waals surface area contributed by atoms with Crippen LogP contribution in [0.2, 0.25) is 0 Å². The van der Waals surface area contributed by atoms with Gasteiger partial charge >= 0.3 is 23.9 Å². The second-order valence-electron chi connectivity index (χ2n) is 14.2. The van der Waals surface area contributed by atoms with Gasteiger partial charge in [-0.05, 0) is 63.6 Å².